The molecule has 1 rings (SSSR count). The summed E-state index contributed by atoms with van der Waals surface area (Å²) in [7, 11) is 1.50. The molecule has 0 aliphatic rings. The number of hydrazine groups is 1. The molecule has 0 unspecified atom stereocenters. The molecule has 0 saturated carbocycles. The molecule has 1 amide bonds. The van der Waals surface area contributed by atoms with Gasteiger partial charge < -0.3 is 18.9 Å². The fourth-order valence-electron chi connectivity index (χ4n) is 2.36. The molecule has 0 atom stereocenters. The van der Waals surface area contributed by atoms with E-state index in [4.69, 9.17) is 18.9 Å². The van der Waals surface area contributed by atoms with E-state index in [1.54, 1.807) is 46.8 Å². The van der Waals surface area contributed by atoms with Crippen molar-refractivity contribution in [2.75, 3.05) is 26.9 Å². The van der Waals surface area contributed by atoms with E-state index in [0.717, 1.165) is 11.1 Å². The standard InChI is InChI=1S/C22H30N2O8/c1-7-30-19(26)13-17(20(27)31-8-2)24(23-21(28)32-22(3,4)5)14-18(25)15-9-11-16(29-6)12-10-15/h9-13H,7-8,14H2,1-6H3,(H,23,28). The Balaban J connectivity index is 3.29. The molecule has 0 heterocycles. The second-order valence-electron chi connectivity index (χ2n) is 7.35. The van der Waals surface area contributed by atoms with E-state index < -0.39 is 41.7 Å². The number of esters is 2. The van der Waals surface area contributed by atoms with Gasteiger partial charge in [-0.25, -0.2) is 19.8 Å². The van der Waals surface area contributed by atoms with Crippen LogP contribution >= 0.6 is 0 Å². The molecule has 0 aliphatic heterocycles. The predicted molar refractivity (Wildman–Crippen MR) is 115 cm³/mol. The Morgan fingerprint density at radius 1 is 1.00 bits per heavy atom. The molecule has 176 valence electrons. The van der Waals surface area contributed by atoms with Crippen LogP contribution in [0.2, 0.25) is 0 Å². The summed E-state index contributed by atoms with van der Waals surface area (Å²) in [5, 5.41) is 0.898. The van der Waals surface area contributed by atoms with Crippen molar-refractivity contribution in [2.45, 2.75) is 40.2 Å². The third-order valence-electron chi connectivity index (χ3n) is 3.66. The van der Waals surface area contributed by atoms with Gasteiger partial charge in [-0.3, -0.25) is 9.80 Å². The molecule has 1 aromatic carbocycles. The summed E-state index contributed by atoms with van der Waals surface area (Å²) in [5.74, 6) is -1.68. The van der Waals surface area contributed by atoms with Crippen molar-refractivity contribution in [2.24, 2.45) is 0 Å². The van der Waals surface area contributed by atoms with E-state index in [-0.39, 0.29) is 13.2 Å². The first-order chi connectivity index (χ1) is 15.0. The lowest BCUT2D eigenvalue weighted by atomic mass is 10.1. The summed E-state index contributed by atoms with van der Waals surface area (Å²) in [6.45, 7) is 7.71. The lowest BCUT2D eigenvalue weighted by Crippen LogP contribution is -2.48. The van der Waals surface area contributed by atoms with Gasteiger partial charge in [0.1, 0.15) is 17.9 Å². The highest BCUT2D eigenvalue weighted by molar-refractivity contribution is 6.00. The van der Waals surface area contributed by atoms with Gasteiger partial charge in [-0.15, -0.1) is 0 Å². The quantitative estimate of drug-likeness (QED) is 0.188. The van der Waals surface area contributed by atoms with Gasteiger partial charge in [0.2, 0.25) is 0 Å². The van der Waals surface area contributed by atoms with Crippen LogP contribution in [0.25, 0.3) is 0 Å². The Morgan fingerprint density at radius 3 is 2.09 bits per heavy atom. The van der Waals surface area contributed by atoms with Gasteiger partial charge in [-0.1, -0.05) is 0 Å². The largest absolute Gasteiger partial charge is 0.497 e. The van der Waals surface area contributed by atoms with Crippen molar-refractivity contribution in [3.63, 3.8) is 0 Å². The lowest BCUT2D eigenvalue weighted by molar-refractivity contribution is -0.142. The normalized spacial score (nSPS) is 11.2. The summed E-state index contributed by atoms with van der Waals surface area (Å²) in [4.78, 5) is 49.8. The maximum atomic E-state index is 12.8. The summed E-state index contributed by atoms with van der Waals surface area (Å²) in [6, 6.07) is 6.26. The molecule has 32 heavy (non-hydrogen) atoms. The van der Waals surface area contributed by atoms with Gasteiger partial charge >= 0.3 is 18.0 Å². The number of ether oxygens (including phenoxy) is 4. The van der Waals surface area contributed by atoms with Crippen LogP contribution in [-0.4, -0.2) is 61.3 Å². The van der Waals surface area contributed by atoms with Crippen molar-refractivity contribution in [3.8, 4) is 5.75 Å². The highest BCUT2D eigenvalue weighted by Gasteiger charge is 2.27. The number of amides is 1. The molecule has 1 aromatic rings. The molecule has 0 spiro atoms. The van der Waals surface area contributed by atoms with Crippen molar-refractivity contribution in [3.05, 3.63) is 41.6 Å². The van der Waals surface area contributed by atoms with Crippen molar-refractivity contribution >= 4 is 23.8 Å². The van der Waals surface area contributed by atoms with Crippen LogP contribution in [0.4, 0.5) is 4.79 Å². The summed E-state index contributed by atoms with van der Waals surface area (Å²) < 4.78 is 20.1. The number of ketones is 1. The zero-order valence-electron chi connectivity index (χ0n) is 19.2. The van der Waals surface area contributed by atoms with Gasteiger partial charge in [0.15, 0.2) is 11.5 Å². The van der Waals surface area contributed by atoms with Crippen molar-refractivity contribution in [1.82, 2.24) is 10.4 Å². The van der Waals surface area contributed by atoms with Gasteiger partial charge in [0.25, 0.3) is 0 Å². The van der Waals surface area contributed by atoms with E-state index in [1.165, 1.54) is 19.2 Å². The number of carbonyl (C=O) groups is 4. The SMILES string of the molecule is CCOC(=O)C=C(C(=O)OCC)N(CC(=O)c1ccc(OC)cc1)NC(=O)OC(C)(C)C. The van der Waals surface area contributed by atoms with Gasteiger partial charge in [-0.2, -0.15) is 0 Å². The lowest BCUT2D eigenvalue weighted by Gasteiger charge is -2.28. The van der Waals surface area contributed by atoms with E-state index in [2.05, 4.69) is 5.43 Å². The van der Waals surface area contributed by atoms with Crippen molar-refractivity contribution < 1.29 is 38.1 Å². The predicted octanol–water partition coefficient (Wildman–Crippen LogP) is 2.63. The minimum atomic E-state index is -0.931. The molecular formula is C22H30N2O8. The van der Waals surface area contributed by atoms with Crippen LogP contribution in [0.1, 0.15) is 45.0 Å². The van der Waals surface area contributed by atoms with Gasteiger partial charge in [-0.05, 0) is 58.9 Å². The number of Topliss-reactive ketones (excluding diaryl/α,β-unsaturated/α-hetero) is 1. The molecule has 0 aromatic heterocycles. The van der Waals surface area contributed by atoms with Crippen molar-refractivity contribution in [1.29, 1.82) is 0 Å². The fraction of sp³-hybridized carbons (Fsp3) is 0.455. The van der Waals surface area contributed by atoms with E-state index in [0.29, 0.717) is 11.3 Å². The first kappa shape index (κ1) is 26.5. The first-order valence-corrected chi connectivity index (χ1v) is 10.0. The number of methoxy groups -OCH3 is 1. The number of nitrogens with zero attached hydrogens (tertiary/aromatic N) is 1. The number of carbonyl (C=O) groups excluding carboxylic acids is 4. The number of hydrogen-bond acceptors (Lipinski definition) is 9. The molecule has 1 N–H and O–H groups in total. The summed E-state index contributed by atoms with van der Waals surface area (Å²) in [5.41, 5.74) is 1.39. The molecule has 0 fully saturated rings. The minimum Gasteiger partial charge on any atom is -0.497 e. The summed E-state index contributed by atoms with van der Waals surface area (Å²) in [6.07, 6.45) is -0.0840. The fourth-order valence-corrected chi connectivity index (χ4v) is 2.36. The monoisotopic (exact) mass is 450 g/mol. The maximum Gasteiger partial charge on any atom is 0.426 e. The molecule has 0 aliphatic carbocycles. The molecule has 0 radical (unpaired) electrons. The van der Waals surface area contributed by atoms with Crippen LogP contribution in [0, 0.1) is 0 Å². The van der Waals surface area contributed by atoms with Gasteiger partial charge in [0, 0.05) is 5.56 Å². The Hall–Kier alpha value is -3.56. The Bertz CT molecular complexity index is 840. The highest BCUT2D eigenvalue weighted by atomic mass is 16.6. The zero-order chi connectivity index (χ0) is 24.3. The Kier molecular flexibility index (Phi) is 10.2. The smallest absolute Gasteiger partial charge is 0.426 e. The van der Waals surface area contributed by atoms with Crippen LogP contribution < -0.4 is 10.2 Å². The number of nitrogens with one attached hydrogen (secondary N) is 1. The van der Waals surface area contributed by atoms with E-state index in [1.807, 2.05) is 0 Å². The van der Waals surface area contributed by atoms with Gasteiger partial charge in [0.05, 0.1) is 26.4 Å². The Labute approximate surface area is 187 Å². The van der Waals surface area contributed by atoms with Crippen LogP contribution in [0.15, 0.2) is 36.0 Å². The number of rotatable bonds is 10. The third-order valence-corrected chi connectivity index (χ3v) is 3.66. The second kappa shape index (κ2) is 12.3. The average Bonchev–Trinajstić information content (AvgIpc) is 2.70. The van der Waals surface area contributed by atoms with Crippen LogP contribution in [-0.2, 0) is 23.8 Å². The number of benzene rings is 1. The van der Waals surface area contributed by atoms with E-state index in [9.17, 15) is 19.2 Å². The molecule has 10 heteroatoms. The zero-order valence-corrected chi connectivity index (χ0v) is 19.2. The summed E-state index contributed by atoms with van der Waals surface area (Å²) >= 11 is 0. The highest BCUT2D eigenvalue weighted by Crippen LogP contribution is 2.14. The molecule has 0 bridgehead atoms. The maximum absolute atomic E-state index is 12.8. The van der Waals surface area contributed by atoms with E-state index >= 15 is 0 Å². The third kappa shape index (κ3) is 9.07. The molecular weight excluding hydrogens is 420 g/mol. The molecule has 0 saturated heterocycles. The van der Waals surface area contributed by atoms with Crippen LogP contribution in [0.5, 0.6) is 5.75 Å². The first-order valence-electron chi connectivity index (χ1n) is 10.0. The average molecular weight is 450 g/mol. The minimum absolute atomic E-state index is 0.00566. The Morgan fingerprint density at radius 2 is 1.59 bits per heavy atom. The topological polar surface area (TPSA) is 120 Å². The second-order valence-corrected chi connectivity index (χ2v) is 7.35. The number of hydrogen-bond donors (Lipinski definition) is 1. The van der Waals surface area contributed by atoms with Crippen LogP contribution in [0.3, 0.4) is 0 Å². The molecule has 10 nitrogen and oxygen atoms in total.